The lowest BCUT2D eigenvalue weighted by Gasteiger charge is -2.31. The Morgan fingerprint density at radius 1 is 1.68 bits per heavy atom. The summed E-state index contributed by atoms with van der Waals surface area (Å²) in [7, 11) is 3.86. The number of hydrogen-bond donors (Lipinski definition) is 2. The van der Waals surface area contributed by atoms with Gasteiger partial charge in [0.1, 0.15) is 11.4 Å². The van der Waals surface area contributed by atoms with E-state index < -0.39 is 11.5 Å². The van der Waals surface area contributed by atoms with E-state index in [0.717, 1.165) is 18.7 Å². The molecule has 6 heteroatoms. The van der Waals surface area contributed by atoms with E-state index in [4.69, 9.17) is 0 Å². The average Bonchev–Trinajstić information content (AvgIpc) is 3.02. The van der Waals surface area contributed by atoms with Crippen LogP contribution in [-0.2, 0) is 18.4 Å². The van der Waals surface area contributed by atoms with Crippen molar-refractivity contribution in [3.8, 4) is 0 Å². The van der Waals surface area contributed by atoms with Gasteiger partial charge in [-0.1, -0.05) is 0 Å². The lowest BCUT2D eigenvalue weighted by atomic mass is 10.0. The fourth-order valence-electron chi connectivity index (χ4n) is 2.24. The Bertz CT molecular complexity index is 455. The molecule has 1 aliphatic rings. The molecule has 1 aromatic rings. The lowest BCUT2D eigenvalue weighted by molar-refractivity contribution is -0.145. The Kier molecular flexibility index (Phi) is 3.91. The van der Waals surface area contributed by atoms with Crippen LogP contribution < -0.4 is 5.32 Å². The van der Waals surface area contributed by atoms with Crippen molar-refractivity contribution in [2.24, 2.45) is 7.05 Å². The molecular formula is C13H22N4O2. The molecule has 1 atom stereocenters. The summed E-state index contributed by atoms with van der Waals surface area (Å²) in [6.07, 6.45) is 5.79. The highest BCUT2D eigenvalue weighted by molar-refractivity contribution is 5.78. The van der Waals surface area contributed by atoms with Crippen LogP contribution in [0.15, 0.2) is 12.4 Å². The maximum absolute atomic E-state index is 11.5. The third-order valence-electron chi connectivity index (χ3n) is 3.49. The molecule has 0 bridgehead atoms. The van der Waals surface area contributed by atoms with Crippen molar-refractivity contribution < 1.29 is 9.90 Å². The first-order chi connectivity index (χ1) is 8.90. The molecule has 0 saturated heterocycles. The number of aromatic nitrogens is 2. The molecule has 6 nitrogen and oxygen atoms in total. The molecule has 2 N–H and O–H groups in total. The Morgan fingerprint density at radius 2 is 2.37 bits per heavy atom. The molecule has 1 saturated carbocycles. The van der Waals surface area contributed by atoms with Gasteiger partial charge in [-0.25, -0.2) is 4.98 Å². The lowest BCUT2D eigenvalue weighted by Crippen LogP contribution is -2.57. The number of likely N-dealkylation sites (N-methyl/N-ethyl adjacent to an activating group) is 1. The zero-order valence-electron chi connectivity index (χ0n) is 11.8. The highest BCUT2D eigenvalue weighted by Crippen LogP contribution is 2.23. The van der Waals surface area contributed by atoms with Crippen LogP contribution in [0.1, 0.15) is 25.6 Å². The first-order valence-electron chi connectivity index (χ1n) is 6.56. The van der Waals surface area contributed by atoms with Gasteiger partial charge in [0.2, 0.25) is 0 Å². The van der Waals surface area contributed by atoms with Gasteiger partial charge in [-0.15, -0.1) is 0 Å². The Balaban J connectivity index is 1.96. The van der Waals surface area contributed by atoms with Gasteiger partial charge in [0.25, 0.3) is 0 Å². The second-order valence-corrected chi connectivity index (χ2v) is 5.68. The number of nitrogens with zero attached hydrogens (tertiary/aromatic N) is 3. The predicted molar refractivity (Wildman–Crippen MR) is 71.7 cm³/mol. The smallest absolute Gasteiger partial charge is 0.324 e. The minimum Gasteiger partial charge on any atom is -0.480 e. The van der Waals surface area contributed by atoms with Crippen LogP contribution in [0.4, 0.5) is 0 Å². The standard InChI is InChI=1S/C13H22N4O2/c1-13(12(18)19,15-10-4-5-10)9-16(2)8-11-14-6-7-17(11)3/h6-7,10,15H,4-5,8-9H2,1-3H3,(H,18,19). The second kappa shape index (κ2) is 5.30. The molecule has 2 rings (SSSR count). The van der Waals surface area contributed by atoms with Gasteiger partial charge in [-0.2, -0.15) is 0 Å². The number of hydrogen-bond acceptors (Lipinski definition) is 4. The van der Waals surface area contributed by atoms with E-state index in [1.807, 2.05) is 29.8 Å². The summed E-state index contributed by atoms with van der Waals surface area (Å²) in [5, 5.41) is 12.7. The molecule has 1 unspecified atom stereocenters. The largest absolute Gasteiger partial charge is 0.480 e. The summed E-state index contributed by atoms with van der Waals surface area (Å²) in [6.45, 7) is 2.84. The fourth-order valence-corrected chi connectivity index (χ4v) is 2.24. The number of imidazole rings is 1. The fraction of sp³-hybridized carbons (Fsp3) is 0.692. The van der Waals surface area contributed by atoms with Crippen molar-refractivity contribution in [2.75, 3.05) is 13.6 Å². The van der Waals surface area contributed by atoms with Gasteiger partial charge < -0.3 is 9.67 Å². The van der Waals surface area contributed by atoms with Crippen molar-refractivity contribution >= 4 is 5.97 Å². The molecule has 0 spiro atoms. The van der Waals surface area contributed by atoms with E-state index in [0.29, 0.717) is 19.1 Å². The van der Waals surface area contributed by atoms with Crippen LogP contribution in [0.2, 0.25) is 0 Å². The second-order valence-electron chi connectivity index (χ2n) is 5.68. The van der Waals surface area contributed by atoms with E-state index in [1.165, 1.54) is 0 Å². The van der Waals surface area contributed by atoms with E-state index in [2.05, 4.69) is 10.3 Å². The number of carboxylic acids is 1. The van der Waals surface area contributed by atoms with Crippen molar-refractivity contribution in [3.63, 3.8) is 0 Å². The van der Waals surface area contributed by atoms with Crippen LogP contribution in [0.25, 0.3) is 0 Å². The van der Waals surface area contributed by atoms with Crippen LogP contribution >= 0.6 is 0 Å². The van der Waals surface area contributed by atoms with Gasteiger partial charge in [-0.05, 0) is 26.8 Å². The molecule has 1 aromatic heterocycles. The van der Waals surface area contributed by atoms with Crippen molar-refractivity contribution in [3.05, 3.63) is 18.2 Å². The van der Waals surface area contributed by atoms with Gasteiger partial charge in [0.05, 0.1) is 6.54 Å². The van der Waals surface area contributed by atoms with Crippen LogP contribution in [-0.4, -0.2) is 50.7 Å². The highest BCUT2D eigenvalue weighted by atomic mass is 16.4. The Morgan fingerprint density at radius 3 is 2.84 bits per heavy atom. The van der Waals surface area contributed by atoms with E-state index in [1.54, 1.807) is 13.1 Å². The van der Waals surface area contributed by atoms with Crippen molar-refractivity contribution in [1.29, 1.82) is 0 Å². The summed E-state index contributed by atoms with van der Waals surface area (Å²) in [4.78, 5) is 17.7. The third kappa shape index (κ3) is 3.54. The number of aliphatic carboxylic acids is 1. The van der Waals surface area contributed by atoms with Crippen LogP contribution in [0.3, 0.4) is 0 Å². The van der Waals surface area contributed by atoms with E-state index in [-0.39, 0.29) is 0 Å². The Labute approximate surface area is 113 Å². The molecule has 1 heterocycles. The minimum atomic E-state index is -0.902. The SMILES string of the molecule is CN(Cc1nccn1C)CC(C)(NC1CC1)C(=O)O. The van der Waals surface area contributed by atoms with Gasteiger partial charge in [0.15, 0.2) is 0 Å². The predicted octanol–water partition coefficient (Wildman–Crippen LogP) is 0.447. The summed E-state index contributed by atoms with van der Waals surface area (Å²) in [5.41, 5.74) is -0.902. The number of aryl methyl sites for hydroxylation is 1. The molecule has 106 valence electrons. The maximum Gasteiger partial charge on any atom is 0.324 e. The van der Waals surface area contributed by atoms with Gasteiger partial charge in [-0.3, -0.25) is 15.0 Å². The summed E-state index contributed by atoms with van der Waals surface area (Å²) >= 11 is 0. The van der Waals surface area contributed by atoms with Crippen LogP contribution in [0.5, 0.6) is 0 Å². The first kappa shape index (κ1) is 14.0. The van der Waals surface area contributed by atoms with Gasteiger partial charge in [0, 0.05) is 32.0 Å². The zero-order chi connectivity index (χ0) is 14.0. The topological polar surface area (TPSA) is 70.4 Å². The maximum atomic E-state index is 11.5. The number of carbonyl (C=O) groups is 1. The summed E-state index contributed by atoms with van der Waals surface area (Å²) < 4.78 is 1.95. The molecular weight excluding hydrogens is 244 g/mol. The number of rotatable bonds is 7. The average molecular weight is 266 g/mol. The van der Waals surface area contributed by atoms with Crippen molar-refractivity contribution in [2.45, 2.75) is 37.9 Å². The Hall–Kier alpha value is -1.40. The molecule has 1 fully saturated rings. The van der Waals surface area contributed by atoms with E-state index in [9.17, 15) is 9.90 Å². The van der Waals surface area contributed by atoms with Crippen molar-refractivity contribution in [1.82, 2.24) is 19.8 Å². The molecule has 0 aliphatic heterocycles. The minimum absolute atomic E-state index is 0.364. The quantitative estimate of drug-likeness (QED) is 0.750. The normalized spacial score (nSPS) is 18.5. The molecule has 0 aromatic carbocycles. The van der Waals surface area contributed by atoms with Gasteiger partial charge >= 0.3 is 5.97 Å². The van der Waals surface area contributed by atoms with Crippen LogP contribution in [0, 0.1) is 0 Å². The summed E-state index contributed by atoms with van der Waals surface area (Å²) in [5.74, 6) is 0.132. The molecule has 1 aliphatic carbocycles. The highest BCUT2D eigenvalue weighted by Gasteiger charge is 2.39. The molecule has 19 heavy (non-hydrogen) atoms. The number of carboxylic acid groups (broad SMARTS) is 1. The zero-order valence-corrected chi connectivity index (χ0v) is 11.8. The molecule has 0 radical (unpaired) electrons. The first-order valence-corrected chi connectivity index (χ1v) is 6.56. The van der Waals surface area contributed by atoms with E-state index >= 15 is 0 Å². The third-order valence-corrected chi connectivity index (χ3v) is 3.49. The monoisotopic (exact) mass is 266 g/mol. The molecule has 0 amide bonds. The number of nitrogens with one attached hydrogen (secondary N) is 1. The summed E-state index contributed by atoms with van der Waals surface area (Å²) in [6, 6.07) is 0.364.